The van der Waals surface area contributed by atoms with Gasteiger partial charge in [-0.3, -0.25) is 5.41 Å². The lowest BCUT2D eigenvalue weighted by molar-refractivity contribution is -0.347. The number of hydrogen-bond donors (Lipinski definition) is 1. The van der Waals surface area contributed by atoms with Crippen LogP contribution in [0.2, 0.25) is 0 Å². The van der Waals surface area contributed by atoms with Crippen molar-refractivity contribution in [2.24, 2.45) is 16.7 Å². The van der Waals surface area contributed by atoms with Gasteiger partial charge in [0.2, 0.25) is 11.7 Å². The summed E-state index contributed by atoms with van der Waals surface area (Å²) >= 11 is 0. The Bertz CT molecular complexity index is 666. The van der Waals surface area contributed by atoms with Crippen molar-refractivity contribution in [3.8, 4) is 18.2 Å². The summed E-state index contributed by atoms with van der Waals surface area (Å²) in [5.74, 6) is -1.96. The predicted molar refractivity (Wildman–Crippen MR) is 74.9 cm³/mol. The minimum Gasteiger partial charge on any atom is -0.447 e. The van der Waals surface area contributed by atoms with Gasteiger partial charge >= 0.3 is 0 Å². The van der Waals surface area contributed by atoms with Gasteiger partial charge in [0.15, 0.2) is 10.8 Å². The highest BCUT2D eigenvalue weighted by Crippen LogP contribution is 2.65. The molecule has 3 saturated heterocycles. The van der Waals surface area contributed by atoms with E-state index in [2.05, 4.69) is 12.1 Å². The first-order valence-electron chi connectivity index (χ1n) is 7.39. The number of nitrogens with one attached hydrogen (secondary N) is 1. The van der Waals surface area contributed by atoms with Gasteiger partial charge in [0, 0.05) is 6.42 Å². The van der Waals surface area contributed by atoms with Crippen LogP contribution >= 0.6 is 0 Å². The van der Waals surface area contributed by atoms with Gasteiger partial charge in [0.05, 0.1) is 24.1 Å². The molecule has 0 radical (unpaired) electrons. The van der Waals surface area contributed by atoms with Crippen LogP contribution < -0.4 is 0 Å². The van der Waals surface area contributed by atoms with Crippen molar-refractivity contribution in [2.75, 3.05) is 0 Å². The van der Waals surface area contributed by atoms with E-state index in [0.29, 0.717) is 12.8 Å². The molecule has 1 saturated carbocycles. The molecular formula is C16H16N4O2. The number of nitrogens with zero attached hydrogens (tertiary/aromatic N) is 3. The van der Waals surface area contributed by atoms with Gasteiger partial charge < -0.3 is 9.47 Å². The van der Waals surface area contributed by atoms with Crippen molar-refractivity contribution in [2.45, 2.75) is 44.5 Å². The second kappa shape index (κ2) is 4.57. The molecular weight excluding hydrogens is 280 g/mol. The molecule has 4 fully saturated rings. The second-order valence-corrected chi connectivity index (χ2v) is 6.06. The largest absolute Gasteiger partial charge is 0.447 e. The quantitative estimate of drug-likeness (QED) is 0.746. The lowest BCUT2D eigenvalue weighted by Gasteiger charge is -2.63. The van der Waals surface area contributed by atoms with Gasteiger partial charge in [0.25, 0.3) is 0 Å². The fourth-order valence-electron chi connectivity index (χ4n) is 4.23. The Morgan fingerprint density at radius 1 is 1.23 bits per heavy atom. The summed E-state index contributed by atoms with van der Waals surface area (Å²) in [5.41, 5.74) is -3.34. The van der Waals surface area contributed by atoms with Crippen molar-refractivity contribution in [1.82, 2.24) is 0 Å². The Labute approximate surface area is 129 Å². The number of hydrogen-bond acceptors (Lipinski definition) is 6. The highest BCUT2D eigenvalue weighted by atomic mass is 16.7. The van der Waals surface area contributed by atoms with E-state index in [0.717, 1.165) is 12.8 Å². The minimum atomic E-state index is -1.72. The Morgan fingerprint density at radius 3 is 2.55 bits per heavy atom. The molecule has 1 N–H and O–H groups in total. The van der Waals surface area contributed by atoms with Gasteiger partial charge in [-0.05, 0) is 19.8 Å². The Morgan fingerprint density at radius 2 is 1.95 bits per heavy atom. The molecule has 4 atom stereocenters. The molecule has 6 heteroatoms. The van der Waals surface area contributed by atoms with E-state index in [1.165, 1.54) is 0 Å². The molecule has 0 unspecified atom stereocenters. The zero-order valence-electron chi connectivity index (χ0n) is 12.3. The summed E-state index contributed by atoms with van der Waals surface area (Å²) in [6.07, 6.45) is 5.35. The van der Waals surface area contributed by atoms with Crippen LogP contribution in [-0.2, 0) is 9.47 Å². The van der Waals surface area contributed by atoms with Crippen molar-refractivity contribution >= 4 is 5.90 Å². The SMILES string of the molecule is C/C=C/[C@@H]1O[C@]23CCCC[C@@H]2C(C#N)(C#N)[C@@]1(C#N)C(=N)O3. The molecule has 0 aromatic heterocycles. The lowest BCUT2D eigenvalue weighted by atomic mass is 9.49. The first kappa shape index (κ1) is 14.6. The maximum absolute atomic E-state index is 9.84. The van der Waals surface area contributed by atoms with Gasteiger partial charge in [-0.1, -0.05) is 18.6 Å². The van der Waals surface area contributed by atoms with E-state index in [1.54, 1.807) is 19.1 Å². The summed E-state index contributed by atoms with van der Waals surface area (Å²) in [5, 5.41) is 37.8. The van der Waals surface area contributed by atoms with E-state index in [4.69, 9.17) is 14.9 Å². The predicted octanol–water partition coefficient (Wildman–Crippen LogP) is 2.40. The molecule has 22 heavy (non-hydrogen) atoms. The third-order valence-corrected chi connectivity index (χ3v) is 5.23. The van der Waals surface area contributed by atoms with Crippen LogP contribution in [0.1, 0.15) is 32.6 Å². The van der Waals surface area contributed by atoms with Gasteiger partial charge in [-0.2, -0.15) is 15.8 Å². The van der Waals surface area contributed by atoms with Crippen molar-refractivity contribution in [3.63, 3.8) is 0 Å². The maximum Gasteiger partial charge on any atom is 0.218 e. The zero-order chi connectivity index (χ0) is 16.0. The van der Waals surface area contributed by atoms with Crippen LogP contribution in [0.5, 0.6) is 0 Å². The zero-order valence-corrected chi connectivity index (χ0v) is 12.3. The highest BCUT2D eigenvalue weighted by molar-refractivity contribution is 5.89. The molecule has 0 amide bonds. The molecule has 4 rings (SSSR count). The van der Waals surface area contributed by atoms with E-state index in [-0.39, 0.29) is 5.90 Å². The van der Waals surface area contributed by atoms with Gasteiger partial charge in [-0.25, -0.2) is 0 Å². The Hall–Kier alpha value is -2.36. The summed E-state index contributed by atoms with van der Waals surface area (Å²) < 4.78 is 11.8. The van der Waals surface area contributed by atoms with E-state index in [1.807, 2.05) is 6.07 Å². The first-order valence-corrected chi connectivity index (χ1v) is 7.39. The third-order valence-electron chi connectivity index (χ3n) is 5.23. The smallest absolute Gasteiger partial charge is 0.218 e. The number of ether oxygens (including phenoxy) is 2. The standard InChI is InChI=1S/C16H16N4O2/c1-2-5-12-15(10-19)13(20)22-16(21-12)7-4-3-6-11(16)14(15,8-17)9-18/h2,5,11-12,20H,3-4,6-7H2,1H3/b5-2+,20-13?/t11-,12+,15-,16+/m1/s1. The number of allylic oxidation sites excluding steroid dienone is 1. The molecule has 3 aliphatic heterocycles. The summed E-state index contributed by atoms with van der Waals surface area (Å²) in [6, 6.07) is 6.21. The first-order chi connectivity index (χ1) is 10.6. The number of nitriles is 3. The number of rotatable bonds is 1. The van der Waals surface area contributed by atoms with Crippen molar-refractivity contribution in [1.29, 1.82) is 21.2 Å². The van der Waals surface area contributed by atoms with Gasteiger partial charge in [-0.15, -0.1) is 0 Å². The molecule has 1 aliphatic carbocycles. The molecule has 4 aliphatic rings. The van der Waals surface area contributed by atoms with E-state index in [9.17, 15) is 15.8 Å². The summed E-state index contributed by atoms with van der Waals surface area (Å²) in [7, 11) is 0. The van der Waals surface area contributed by atoms with E-state index >= 15 is 0 Å². The highest BCUT2D eigenvalue weighted by Gasteiger charge is 2.79. The van der Waals surface area contributed by atoms with Gasteiger partial charge in [0.1, 0.15) is 6.10 Å². The number of fused-ring (bicyclic) bond motifs is 2. The van der Waals surface area contributed by atoms with Crippen LogP contribution in [0.25, 0.3) is 0 Å². The fraction of sp³-hybridized carbons (Fsp3) is 0.625. The van der Waals surface area contributed by atoms with E-state index < -0.39 is 28.6 Å². The Balaban J connectivity index is 2.32. The van der Waals surface area contributed by atoms with Crippen molar-refractivity contribution < 1.29 is 9.47 Å². The molecule has 0 aromatic rings. The maximum atomic E-state index is 9.84. The molecule has 112 valence electrons. The lowest BCUT2D eigenvalue weighted by Crippen LogP contribution is -2.75. The van der Waals surface area contributed by atoms with Crippen LogP contribution in [0.15, 0.2) is 12.2 Å². The molecule has 2 bridgehead atoms. The van der Waals surface area contributed by atoms with Crippen LogP contribution in [0.4, 0.5) is 0 Å². The molecule has 3 heterocycles. The topological polar surface area (TPSA) is 114 Å². The average molecular weight is 296 g/mol. The Kier molecular flexibility index (Phi) is 3.02. The fourth-order valence-corrected chi connectivity index (χ4v) is 4.23. The van der Waals surface area contributed by atoms with Crippen LogP contribution in [0.3, 0.4) is 0 Å². The second-order valence-electron chi connectivity index (χ2n) is 6.06. The molecule has 6 nitrogen and oxygen atoms in total. The minimum absolute atomic E-state index is 0.314. The van der Waals surface area contributed by atoms with Crippen LogP contribution in [0, 0.1) is 56.2 Å². The van der Waals surface area contributed by atoms with Crippen molar-refractivity contribution in [3.05, 3.63) is 12.2 Å². The van der Waals surface area contributed by atoms with Crippen LogP contribution in [-0.4, -0.2) is 17.8 Å². The summed E-state index contributed by atoms with van der Waals surface area (Å²) in [6.45, 7) is 1.78. The average Bonchev–Trinajstić information content (AvgIpc) is 2.53. The third kappa shape index (κ3) is 1.33. The monoisotopic (exact) mass is 296 g/mol. The summed E-state index contributed by atoms with van der Waals surface area (Å²) in [4.78, 5) is 0. The normalized spacial score (nSPS) is 41.8. The molecule has 1 spiro atoms. The molecule has 0 aromatic carbocycles.